The second-order valence-electron chi connectivity index (χ2n) is 5.47. The maximum atomic E-state index is 12.7. The standard InChI is InChI=1S/C18H13ClN2O3S/c1-12-4-2-3-5-15(12)17-21-16(10-20)18(24-17)25(22,23)11-13-6-8-14(19)9-7-13/h2-9H,11H2,1H3. The molecule has 0 bridgehead atoms. The first kappa shape index (κ1) is 17.2. The summed E-state index contributed by atoms with van der Waals surface area (Å²) in [6.07, 6.45) is 0. The van der Waals surface area contributed by atoms with Gasteiger partial charge < -0.3 is 4.42 Å². The monoisotopic (exact) mass is 372 g/mol. The average molecular weight is 373 g/mol. The van der Waals surface area contributed by atoms with Gasteiger partial charge in [0.25, 0.3) is 5.09 Å². The van der Waals surface area contributed by atoms with Gasteiger partial charge in [-0.05, 0) is 36.2 Å². The molecule has 0 radical (unpaired) electrons. The van der Waals surface area contributed by atoms with E-state index in [0.29, 0.717) is 16.1 Å². The van der Waals surface area contributed by atoms with Crippen molar-refractivity contribution in [3.05, 3.63) is 70.4 Å². The summed E-state index contributed by atoms with van der Waals surface area (Å²) in [6.45, 7) is 1.85. The van der Waals surface area contributed by atoms with Gasteiger partial charge in [0.1, 0.15) is 6.07 Å². The van der Waals surface area contributed by atoms with Crippen LogP contribution in [0, 0.1) is 18.3 Å². The van der Waals surface area contributed by atoms with Crippen molar-refractivity contribution in [2.75, 3.05) is 0 Å². The molecule has 0 aliphatic heterocycles. The van der Waals surface area contributed by atoms with Crippen LogP contribution in [0.25, 0.3) is 11.5 Å². The first-order chi connectivity index (χ1) is 11.9. The molecule has 0 spiro atoms. The molecule has 0 atom stereocenters. The normalized spacial score (nSPS) is 11.2. The van der Waals surface area contributed by atoms with Crippen LogP contribution in [0.4, 0.5) is 0 Å². The van der Waals surface area contributed by atoms with E-state index in [-0.39, 0.29) is 17.3 Å². The topological polar surface area (TPSA) is 84.0 Å². The van der Waals surface area contributed by atoms with E-state index in [1.165, 1.54) is 0 Å². The molecule has 126 valence electrons. The third-order valence-electron chi connectivity index (χ3n) is 3.63. The minimum atomic E-state index is -3.86. The number of nitriles is 1. The molecule has 3 aromatic rings. The van der Waals surface area contributed by atoms with Crippen molar-refractivity contribution in [1.82, 2.24) is 4.98 Å². The Morgan fingerprint density at radius 2 is 1.84 bits per heavy atom. The quantitative estimate of drug-likeness (QED) is 0.686. The van der Waals surface area contributed by atoms with Crippen molar-refractivity contribution in [3.63, 3.8) is 0 Å². The Morgan fingerprint density at radius 1 is 1.16 bits per heavy atom. The summed E-state index contributed by atoms with van der Waals surface area (Å²) < 4.78 is 30.8. The van der Waals surface area contributed by atoms with Crippen molar-refractivity contribution < 1.29 is 12.8 Å². The van der Waals surface area contributed by atoms with Crippen LogP contribution >= 0.6 is 11.6 Å². The Hall–Kier alpha value is -2.62. The summed E-state index contributed by atoms with van der Waals surface area (Å²) in [6, 6.07) is 15.5. The zero-order chi connectivity index (χ0) is 18.0. The van der Waals surface area contributed by atoms with Gasteiger partial charge in [0.05, 0.1) is 5.75 Å². The number of aromatic nitrogens is 1. The minimum Gasteiger partial charge on any atom is -0.423 e. The van der Waals surface area contributed by atoms with E-state index in [4.69, 9.17) is 16.0 Å². The van der Waals surface area contributed by atoms with Gasteiger partial charge in [-0.1, -0.05) is 41.9 Å². The fourth-order valence-corrected chi connectivity index (χ4v) is 3.86. The largest absolute Gasteiger partial charge is 0.423 e. The van der Waals surface area contributed by atoms with Gasteiger partial charge in [-0.2, -0.15) is 10.2 Å². The second kappa shape index (κ2) is 6.71. The van der Waals surface area contributed by atoms with Crippen LogP contribution < -0.4 is 0 Å². The van der Waals surface area contributed by atoms with E-state index in [9.17, 15) is 13.7 Å². The fourth-order valence-electron chi connectivity index (χ4n) is 2.38. The zero-order valence-corrected chi connectivity index (χ0v) is 14.8. The van der Waals surface area contributed by atoms with E-state index in [1.54, 1.807) is 42.5 Å². The van der Waals surface area contributed by atoms with Crippen LogP contribution in [-0.4, -0.2) is 13.4 Å². The smallest absolute Gasteiger partial charge is 0.257 e. The number of nitrogens with zero attached hydrogens (tertiary/aromatic N) is 2. The van der Waals surface area contributed by atoms with E-state index >= 15 is 0 Å². The van der Waals surface area contributed by atoms with Crippen molar-refractivity contribution in [1.29, 1.82) is 5.26 Å². The average Bonchev–Trinajstić information content (AvgIpc) is 3.02. The second-order valence-corrected chi connectivity index (χ2v) is 7.79. The highest BCUT2D eigenvalue weighted by molar-refractivity contribution is 7.90. The van der Waals surface area contributed by atoms with Gasteiger partial charge in [0, 0.05) is 10.6 Å². The zero-order valence-electron chi connectivity index (χ0n) is 13.2. The molecule has 7 heteroatoms. The van der Waals surface area contributed by atoms with E-state index in [1.807, 2.05) is 19.1 Å². The first-order valence-corrected chi connectivity index (χ1v) is 9.38. The Morgan fingerprint density at radius 3 is 2.48 bits per heavy atom. The first-order valence-electron chi connectivity index (χ1n) is 7.35. The van der Waals surface area contributed by atoms with Crippen molar-refractivity contribution in [2.24, 2.45) is 0 Å². The number of oxazole rings is 1. The molecule has 1 aromatic heterocycles. The molecule has 3 rings (SSSR count). The Bertz CT molecular complexity index is 1060. The van der Waals surface area contributed by atoms with Crippen LogP contribution in [0.5, 0.6) is 0 Å². The number of hydrogen-bond donors (Lipinski definition) is 0. The lowest BCUT2D eigenvalue weighted by Gasteiger charge is -2.02. The predicted octanol–water partition coefficient (Wildman–Crippen LogP) is 4.15. The molecule has 0 fully saturated rings. The summed E-state index contributed by atoms with van der Waals surface area (Å²) in [4.78, 5) is 4.05. The number of rotatable bonds is 4. The Kier molecular flexibility index (Phi) is 4.62. The van der Waals surface area contributed by atoms with E-state index in [2.05, 4.69) is 4.98 Å². The van der Waals surface area contributed by atoms with Gasteiger partial charge in [0.2, 0.25) is 15.7 Å². The van der Waals surface area contributed by atoms with Gasteiger partial charge in [-0.15, -0.1) is 0 Å². The highest BCUT2D eigenvalue weighted by atomic mass is 35.5. The molecule has 0 unspecified atom stereocenters. The van der Waals surface area contributed by atoms with Crippen LogP contribution in [0.15, 0.2) is 58.0 Å². The number of benzene rings is 2. The highest BCUT2D eigenvalue weighted by Crippen LogP contribution is 2.29. The number of halogens is 1. The van der Waals surface area contributed by atoms with Crippen molar-refractivity contribution in [2.45, 2.75) is 17.8 Å². The molecule has 0 saturated carbocycles. The van der Waals surface area contributed by atoms with E-state index < -0.39 is 14.9 Å². The maximum absolute atomic E-state index is 12.7. The Balaban J connectivity index is 2.03. The summed E-state index contributed by atoms with van der Waals surface area (Å²) in [5.41, 5.74) is 1.82. The molecule has 2 aromatic carbocycles. The SMILES string of the molecule is Cc1ccccc1-c1nc(C#N)c(S(=O)(=O)Cc2ccc(Cl)cc2)o1. The highest BCUT2D eigenvalue weighted by Gasteiger charge is 2.27. The molecule has 0 aliphatic carbocycles. The maximum Gasteiger partial charge on any atom is 0.257 e. The number of sulfone groups is 1. The summed E-state index contributed by atoms with van der Waals surface area (Å²) in [7, 11) is -3.86. The molecule has 1 heterocycles. The lowest BCUT2D eigenvalue weighted by molar-refractivity contribution is 0.457. The van der Waals surface area contributed by atoms with Gasteiger partial charge in [0.15, 0.2) is 5.69 Å². The van der Waals surface area contributed by atoms with Crippen LogP contribution in [-0.2, 0) is 15.6 Å². The van der Waals surface area contributed by atoms with Gasteiger partial charge >= 0.3 is 0 Å². The lowest BCUT2D eigenvalue weighted by Crippen LogP contribution is -2.05. The Labute approximate surface area is 150 Å². The van der Waals surface area contributed by atoms with Crippen molar-refractivity contribution >= 4 is 21.4 Å². The summed E-state index contributed by atoms with van der Waals surface area (Å²) >= 11 is 5.81. The summed E-state index contributed by atoms with van der Waals surface area (Å²) in [5.74, 6) is -0.189. The summed E-state index contributed by atoms with van der Waals surface area (Å²) in [5, 5.41) is 9.36. The van der Waals surface area contributed by atoms with Gasteiger partial charge in [-0.25, -0.2) is 8.42 Å². The fraction of sp³-hybridized carbons (Fsp3) is 0.111. The van der Waals surface area contributed by atoms with E-state index in [0.717, 1.165) is 5.56 Å². The third-order valence-corrected chi connectivity index (χ3v) is 5.44. The molecule has 0 N–H and O–H groups in total. The molecular weight excluding hydrogens is 360 g/mol. The molecule has 0 aliphatic rings. The van der Waals surface area contributed by atoms with Crippen molar-refractivity contribution in [3.8, 4) is 17.5 Å². The van der Waals surface area contributed by atoms with Crippen LogP contribution in [0.2, 0.25) is 5.02 Å². The number of aryl methyl sites for hydroxylation is 1. The molecule has 0 amide bonds. The molecule has 5 nitrogen and oxygen atoms in total. The number of hydrogen-bond acceptors (Lipinski definition) is 5. The molecule has 25 heavy (non-hydrogen) atoms. The predicted molar refractivity (Wildman–Crippen MR) is 93.7 cm³/mol. The minimum absolute atomic E-state index is 0.115. The lowest BCUT2D eigenvalue weighted by atomic mass is 10.1. The van der Waals surface area contributed by atoms with Gasteiger partial charge in [-0.3, -0.25) is 0 Å². The third kappa shape index (κ3) is 3.58. The molecular formula is C18H13ClN2O3S. The van der Waals surface area contributed by atoms with Crippen LogP contribution in [0.3, 0.4) is 0 Å². The molecule has 0 saturated heterocycles. The van der Waals surface area contributed by atoms with Crippen LogP contribution in [0.1, 0.15) is 16.8 Å².